The van der Waals surface area contributed by atoms with Crippen LogP contribution in [-0.4, -0.2) is 42.2 Å². The summed E-state index contributed by atoms with van der Waals surface area (Å²) in [4.78, 5) is 19.8. The van der Waals surface area contributed by atoms with Crippen molar-refractivity contribution < 1.29 is 9.53 Å². The predicted molar refractivity (Wildman–Crippen MR) is 62.9 cm³/mol. The zero-order chi connectivity index (χ0) is 12.1. The van der Waals surface area contributed by atoms with Crippen LogP contribution in [0.1, 0.15) is 23.2 Å². The molecule has 0 unspecified atom stereocenters. The van der Waals surface area contributed by atoms with E-state index < -0.39 is 0 Å². The maximum Gasteiger partial charge on any atom is 0.254 e. The quantitative estimate of drug-likeness (QED) is 0.700. The van der Waals surface area contributed by atoms with Crippen molar-refractivity contribution in [2.24, 2.45) is 0 Å². The van der Waals surface area contributed by atoms with Gasteiger partial charge in [0.05, 0.1) is 12.2 Å². The van der Waals surface area contributed by atoms with Gasteiger partial charge in [0.15, 0.2) is 0 Å². The lowest BCUT2D eigenvalue weighted by Crippen LogP contribution is -2.25. The van der Waals surface area contributed by atoms with Crippen molar-refractivity contribution in [3.05, 3.63) is 18.0 Å². The van der Waals surface area contributed by atoms with Crippen molar-refractivity contribution in [2.75, 3.05) is 25.6 Å². The molecule has 0 aliphatic heterocycles. The van der Waals surface area contributed by atoms with Crippen LogP contribution in [-0.2, 0) is 4.74 Å². The third-order valence-electron chi connectivity index (χ3n) is 2.42. The molecule has 1 amide bonds. The van der Waals surface area contributed by atoms with Crippen molar-refractivity contribution in [2.45, 2.75) is 18.9 Å². The minimum Gasteiger partial charge on any atom is -0.383 e. The van der Waals surface area contributed by atoms with E-state index in [1.807, 2.05) is 0 Å². The Balaban J connectivity index is 1.85. The van der Waals surface area contributed by atoms with Gasteiger partial charge in [-0.15, -0.1) is 0 Å². The summed E-state index contributed by atoms with van der Waals surface area (Å²) < 4.78 is 4.89. The standard InChI is InChI=1S/C11H16N4O2/c1-17-5-4-12-11-13-6-8(7-14-11)10(16)15-9-2-3-9/h6-7,9H,2-5H2,1H3,(H,15,16)(H,12,13,14). The Kier molecular flexibility index (Phi) is 3.87. The van der Waals surface area contributed by atoms with E-state index >= 15 is 0 Å². The number of rotatable bonds is 6. The van der Waals surface area contributed by atoms with Crippen molar-refractivity contribution in [1.29, 1.82) is 0 Å². The Morgan fingerprint density at radius 3 is 2.76 bits per heavy atom. The number of anilines is 1. The predicted octanol–water partition coefficient (Wildman–Crippen LogP) is 0.427. The van der Waals surface area contributed by atoms with Gasteiger partial charge in [-0.05, 0) is 12.8 Å². The minimum atomic E-state index is -0.101. The normalized spacial score (nSPS) is 14.4. The van der Waals surface area contributed by atoms with Crippen LogP contribution in [0.2, 0.25) is 0 Å². The van der Waals surface area contributed by atoms with E-state index in [-0.39, 0.29) is 5.91 Å². The Labute approximate surface area is 99.8 Å². The van der Waals surface area contributed by atoms with E-state index in [1.54, 1.807) is 7.11 Å². The van der Waals surface area contributed by atoms with E-state index in [4.69, 9.17) is 4.74 Å². The van der Waals surface area contributed by atoms with Gasteiger partial charge in [0, 0.05) is 32.1 Å². The van der Waals surface area contributed by atoms with Gasteiger partial charge in [0.1, 0.15) is 0 Å². The number of nitrogens with one attached hydrogen (secondary N) is 2. The molecule has 1 aromatic rings. The molecular formula is C11H16N4O2. The molecule has 92 valence electrons. The van der Waals surface area contributed by atoms with Crippen molar-refractivity contribution in [3.63, 3.8) is 0 Å². The van der Waals surface area contributed by atoms with Crippen molar-refractivity contribution in [1.82, 2.24) is 15.3 Å². The van der Waals surface area contributed by atoms with Crippen LogP contribution >= 0.6 is 0 Å². The lowest BCUT2D eigenvalue weighted by Gasteiger charge is -2.05. The van der Waals surface area contributed by atoms with E-state index in [0.29, 0.717) is 30.7 Å². The number of nitrogens with zero attached hydrogens (tertiary/aromatic N) is 2. The molecule has 0 saturated heterocycles. The summed E-state index contributed by atoms with van der Waals surface area (Å²) in [5, 5.41) is 5.87. The monoisotopic (exact) mass is 236 g/mol. The highest BCUT2D eigenvalue weighted by Gasteiger charge is 2.23. The van der Waals surface area contributed by atoms with Gasteiger partial charge >= 0.3 is 0 Å². The molecule has 1 aliphatic carbocycles. The molecule has 1 aromatic heterocycles. The first-order valence-corrected chi connectivity index (χ1v) is 5.65. The molecule has 1 saturated carbocycles. The Bertz CT molecular complexity index is 376. The van der Waals surface area contributed by atoms with Crippen LogP contribution in [0.4, 0.5) is 5.95 Å². The van der Waals surface area contributed by atoms with Crippen LogP contribution in [0.5, 0.6) is 0 Å². The van der Waals surface area contributed by atoms with Gasteiger partial charge in [0.2, 0.25) is 5.95 Å². The van der Waals surface area contributed by atoms with E-state index in [1.165, 1.54) is 12.4 Å². The largest absolute Gasteiger partial charge is 0.383 e. The number of hydrogen-bond acceptors (Lipinski definition) is 5. The smallest absolute Gasteiger partial charge is 0.254 e. The Hall–Kier alpha value is -1.69. The fourth-order valence-electron chi connectivity index (χ4n) is 1.30. The fourth-order valence-corrected chi connectivity index (χ4v) is 1.30. The Morgan fingerprint density at radius 1 is 1.47 bits per heavy atom. The molecule has 0 bridgehead atoms. The van der Waals surface area contributed by atoms with E-state index in [2.05, 4.69) is 20.6 Å². The van der Waals surface area contributed by atoms with Crippen LogP contribution in [0.3, 0.4) is 0 Å². The minimum absolute atomic E-state index is 0.101. The second kappa shape index (κ2) is 5.58. The summed E-state index contributed by atoms with van der Waals surface area (Å²) in [6.45, 7) is 1.23. The number of ether oxygens (including phenoxy) is 1. The highest BCUT2D eigenvalue weighted by Crippen LogP contribution is 2.19. The van der Waals surface area contributed by atoms with Crippen LogP contribution in [0.25, 0.3) is 0 Å². The van der Waals surface area contributed by atoms with Gasteiger partial charge in [0.25, 0.3) is 5.91 Å². The summed E-state index contributed by atoms with van der Waals surface area (Å²) >= 11 is 0. The SMILES string of the molecule is COCCNc1ncc(C(=O)NC2CC2)cn1. The van der Waals surface area contributed by atoms with Gasteiger partial charge in [-0.2, -0.15) is 0 Å². The first-order valence-electron chi connectivity index (χ1n) is 5.65. The zero-order valence-corrected chi connectivity index (χ0v) is 9.77. The maximum atomic E-state index is 11.6. The van der Waals surface area contributed by atoms with E-state index in [0.717, 1.165) is 12.8 Å². The average molecular weight is 236 g/mol. The molecule has 1 heterocycles. The first-order chi connectivity index (χ1) is 8.29. The molecule has 2 rings (SSSR count). The third kappa shape index (κ3) is 3.67. The number of hydrogen-bond donors (Lipinski definition) is 2. The lowest BCUT2D eigenvalue weighted by molar-refractivity contribution is 0.0950. The third-order valence-corrected chi connectivity index (χ3v) is 2.42. The second-order valence-electron chi connectivity index (χ2n) is 3.96. The van der Waals surface area contributed by atoms with Crippen LogP contribution in [0, 0.1) is 0 Å². The second-order valence-corrected chi connectivity index (χ2v) is 3.96. The molecule has 0 spiro atoms. The summed E-state index contributed by atoms with van der Waals surface area (Å²) in [5.41, 5.74) is 0.495. The van der Waals surface area contributed by atoms with Crippen molar-refractivity contribution >= 4 is 11.9 Å². The summed E-state index contributed by atoms with van der Waals surface area (Å²) in [7, 11) is 1.63. The number of methoxy groups -OCH3 is 1. The van der Waals surface area contributed by atoms with Crippen molar-refractivity contribution in [3.8, 4) is 0 Å². The summed E-state index contributed by atoms with van der Waals surface area (Å²) in [6, 6.07) is 0.349. The van der Waals surface area contributed by atoms with Gasteiger partial charge < -0.3 is 15.4 Å². The van der Waals surface area contributed by atoms with Crippen LogP contribution < -0.4 is 10.6 Å². The molecular weight excluding hydrogens is 220 g/mol. The maximum absolute atomic E-state index is 11.6. The molecule has 1 aliphatic rings. The number of carbonyl (C=O) groups is 1. The number of carbonyl (C=O) groups excluding carboxylic acids is 1. The lowest BCUT2D eigenvalue weighted by atomic mass is 10.3. The molecule has 1 fully saturated rings. The molecule has 17 heavy (non-hydrogen) atoms. The van der Waals surface area contributed by atoms with Gasteiger partial charge in [-0.25, -0.2) is 9.97 Å². The fraction of sp³-hybridized carbons (Fsp3) is 0.545. The topological polar surface area (TPSA) is 76.1 Å². The molecule has 6 nitrogen and oxygen atoms in total. The molecule has 6 heteroatoms. The average Bonchev–Trinajstić information content (AvgIpc) is 3.14. The molecule has 0 atom stereocenters. The summed E-state index contributed by atoms with van der Waals surface area (Å²) in [5.74, 6) is 0.404. The molecule has 2 N–H and O–H groups in total. The molecule has 0 aromatic carbocycles. The highest BCUT2D eigenvalue weighted by molar-refractivity contribution is 5.94. The van der Waals surface area contributed by atoms with Gasteiger partial charge in [-0.1, -0.05) is 0 Å². The Morgan fingerprint density at radius 2 is 2.18 bits per heavy atom. The highest BCUT2D eigenvalue weighted by atomic mass is 16.5. The number of aromatic nitrogens is 2. The molecule has 0 radical (unpaired) electrons. The van der Waals surface area contributed by atoms with E-state index in [9.17, 15) is 4.79 Å². The number of amides is 1. The first kappa shape index (κ1) is 11.8. The zero-order valence-electron chi connectivity index (χ0n) is 9.77. The van der Waals surface area contributed by atoms with Gasteiger partial charge in [-0.3, -0.25) is 4.79 Å². The van der Waals surface area contributed by atoms with Crippen LogP contribution in [0.15, 0.2) is 12.4 Å². The summed E-state index contributed by atoms with van der Waals surface area (Å²) in [6.07, 6.45) is 5.20.